The van der Waals surface area contributed by atoms with Gasteiger partial charge in [0, 0.05) is 53.5 Å². The minimum atomic E-state index is 0.0737. The molecule has 3 heterocycles. The fraction of sp³-hybridized carbons (Fsp3) is 0.250. The van der Waals surface area contributed by atoms with Gasteiger partial charge in [0.1, 0.15) is 10.8 Å². The molecule has 1 fully saturated rings. The van der Waals surface area contributed by atoms with Gasteiger partial charge in [-0.2, -0.15) is 0 Å². The standard InChI is InChI=1S/C20H19BrN4OS/c1-14-13-27-19(23-14)15-6-7-18(22-12-15)24-8-10-25(11-9-24)20(26)16-4-2-3-5-17(16)21/h2-7,12-13H,8-11H2,1H3. The van der Waals surface area contributed by atoms with Gasteiger partial charge in [-0.05, 0) is 47.1 Å². The van der Waals surface area contributed by atoms with Gasteiger partial charge in [-0.15, -0.1) is 11.3 Å². The molecule has 1 aliphatic heterocycles. The molecule has 4 rings (SSSR count). The molecule has 0 bridgehead atoms. The largest absolute Gasteiger partial charge is 0.353 e. The van der Waals surface area contributed by atoms with Crippen LogP contribution in [-0.2, 0) is 0 Å². The van der Waals surface area contributed by atoms with Gasteiger partial charge in [0.15, 0.2) is 0 Å². The summed E-state index contributed by atoms with van der Waals surface area (Å²) in [7, 11) is 0. The highest BCUT2D eigenvalue weighted by molar-refractivity contribution is 9.10. The first-order chi connectivity index (χ1) is 13.1. The van der Waals surface area contributed by atoms with Gasteiger partial charge in [-0.25, -0.2) is 9.97 Å². The van der Waals surface area contributed by atoms with Gasteiger partial charge in [0.2, 0.25) is 0 Å². The van der Waals surface area contributed by atoms with Crippen LogP contribution in [-0.4, -0.2) is 47.0 Å². The number of anilines is 1. The number of nitrogens with zero attached hydrogens (tertiary/aromatic N) is 4. The summed E-state index contributed by atoms with van der Waals surface area (Å²) < 4.78 is 0.840. The highest BCUT2D eigenvalue weighted by atomic mass is 79.9. The Labute approximate surface area is 170 Å². The zero-order valence-electron chi connectivity index (χ0n) is 14.9. The molecule has 1 saturated heterocycles. The van der Waals surface area contributed by atoms with Gasteiger partial charge < -0.3 is 9.80 Å². The molecule has 0 N–H and O–H groups in total. The Kier molecular flexibility index (Phi) is 5.22. The topological polar surface area (TPSA) is 49.3 Å². The first-order valence-electron chi connectivity index (χ1n) is 8.79. The summed E-state index contributed by atoms with van der Waals surface area (Å²) in [6, 6.07) is 11.7. The number of benzene rings is 1. The van der Waals surface area contributed by atoms with Crippen LogP contribution in [0.3, 0.4) is 0 Å². The highest BCUT2D eigenvalue weighted by Crippen LogP contribution is 2.25. The predicted octanol–water partition coefficient (Wildman–Crippen LogP) is 4.24. The summed E-state index contributed by atoms with van der Waals surface area (Å²) in [6.07, 6.45) is 1.88. The maximum Gasteiger partial charge on any atom is 0.255 e. The predicted molar refractivity (Wildman–Crippen MR) is 112 cm³/mol. The van der Waals surface area contributed by atoms with Crippen LogP contribution in [0.2, 0.25) is 0 Å². The van der Waals surface area contributed by atoms with E-state index in [0.29, 0.717) is 18.7 Å². The van der Waals surface area contributed by atoms with Crippen molar-refractivity contribution < 1.29 is 4.79 Å². The van der Waals surface area contributed by atoms with Crippen molar-refractivity contribution in [3.63, 3.8) is 0 Å². The molecule has 0 saturated carbocycles. The molecule has 1 amide bonds. The number of thiazole rings is 1. The van der Waals surface area contributed by atoms with E-state index in [9.17, 15) is 4.79 Å². The molecule has 3 aromatic rings. The van der Waals surface area contributed by atoms with Crippen molar-refractivity contribution in [2.45, 2.75) is 6.92 Å². The molecule has 0 radical (unpaired) electrons. The van der Waals surface area contributed by atoms with Crippen LogP contribution in [0.15, 0.2) is 52.4 Å². The third kappa shape index (κ3) is 3.89. The van der Waals surface area contributed by atoms with Crippen LogP contribution >= 0.6 is 27.3 Å². The maximum absolute atomic E-state index is 12.7. The minimum absolute atomic E-state index is 0.0737. The van der Waals surface area contributed by atoms with Crippen molar-refractivity contribution in [3.05, 3.63) is 63.7 Å². The fourth-order valence-corrected chi connectivity index (χ4v) is 4.37. The lowest BCUT2D eigenvalue weighted by atomic mass is 10.2. The second kappa shape index (κ2) is 7.78. The van der Waals surface area contributed by atoms with Gasteiger partial charge in [-0.1, -0.05) is 12.1 Å². The molecule has 1 aromatic carbocycles. The highest BCUT2D eigenvalue weighted by Gasteiger charge is 2.24. The summed E-state index contributed by atoms with van der Waals surface area (Å²) in [5, 5.41) is 3.04. The van der Waals surface area contributed by atoms with E-state index in [2.05, 4.69) is 36.9 Å². The molecule has 0 spiro atoms. The zero-order valence-corrected chi connectivity index (χ0v) is 17.3. The molecule has 7 heteroatoms. The smallest absolute Gasteiger partial charge is 0.255 e. The molecule has 27 heavy (non-hydrogen) atoms. The molecular weight excluding hydrogens is 424 g/mol. The first kappa shape index (κ1) is 18.1. The fourth-order valence-electron chi connectivity index (χ4n) is 3.13. The lowest BCUT2D eigenvalue weighted by Crippen LogP contribution is -2.49. The number of carbonyl (C=O) groups excluding carboxylic acids is 1. The number of hydrogen-bond acceptors (Lipinski definition) is 5. The van der Waals surface area contributed by atoms with E-state index in [1.807, 2.05) is 53.7 Å². The quantitative estimate of drug-likeness (QED) is 0.608. The summed E-state index contributed by atoms with van der Waals surface area (Å²) >= 11 is 5.10. The van der Waals surface area contributed by atoms with Crippen molar-refractivity contribution in [2.24, 2.45) is 0 Å². The summed E-state index contributed by atoms with van der Waals surface area (Å²) in [5.74, 6) is 1.02. The Hall–Kier alpha value is -2.25. The average Bonchev–Trinajstić information content (AvgIpc) is 3.14. The van der Waals surface area contributed by atoms with Crippen molar-refractivity contribution in [2.75, 3.05) is 31.1 Å². The van der Waals surface area contributed by atoms with E-state index >= 15 is 0 Å². The second-order valence-corrected chi connectivity index (χ2v) is 8.17. The molecule has 5 nitrogen and oxygen atoms in total. The number of rotatable bonds is 3. The third-order valence-electron chi connectivity index (χ3n) is 4.61. The number of halogens is 1. The van der Waals surface area contributed by atoms with Gasteiger partial charge in [-0.3, -0.25) is 4.79 Å². The Balaban J connectivity index is 1.40. The van der Waals surface area contributed by atoms with Crippen molar-refractivity contribution in [3.8, 4) is 10.6 Å². The number of aromatic nitrogens is 2. The number of aryl methyl sites for hydroxylation is 1. The normalized spacial score (nSPS) is 14.4. The van der Waals surface area contributed by atoms with Crippen LogP contribution < -0.4 is 4.90 Å². The lowest BCUT2D eigenvalue weighted by Gasteiger charge is -2.35. The first-order valence-corrected chi connectivity index (χ1v) is 10.5. The monoisotopic (exact) mass is 442 g/mol. The number of hydrogen-bond donors (Lipinski definition) is 0. The minimum Gasteiger partial charge on any atom is -0.353 e. The van der Waals surface area contributed by atoms with E-state index in [4.69, 9.17) is 0 Å². The van der Waals surface area contributed by atoms with E-state index < -0.39 is 0 Å². The van der Waals surface area contributed by atoms with E-state index in [1.54, 1.807) is 11.3 Å². The number of pyridine rings is 1. The Morgan fingerprint density at radius 3 is 2.52 bits per heavy atom. The zero-order chi connectivity index (χ0) is 18.8. The second-order valence-electron chi connectivity index (χ2n) is 6.46. The molecule has 1 aliphatic rings. The van der Waals surface area contributed by atoms with Crippen LogP contribution in [0.5, 0.6) is 0 Å². The molecule has 0 aliphatic carbocycles. The summed E-state index contributed by atoms with van der Waals surface area (Å²) in [6.45, 7) is 4.93. The van der Waals surface area contributed by atoms with E-state index in [1.165, 1.54) is 0 Å². The maximum atomic E-state index is 12.7. The molecular formula is C20H19BrN4OS. The molecule has 0 atom stereocenters. The Morgan fingerprint density at radius 2 is 1.89 bits per heavy atom. The van der Waals surface area contributed by atoms with Crippen LogP contribution in [0.4, 0.5) is 5.82 Å². The average molecular weight is 443 g/mol. The number of piperazine rings is 1. The van der Waals surface area contributed by atoms with Crippen LogP contribution in [0.1, 0.15) is 16.1 Å². The summed E-state index contributed by atoms with van der Waals surface area (Å²) in [5.41, 5.74) is 2.79. The van der Waals surface area contributed by atoms with E-state index in [0.717, 1.165) is 39.6 Å². The van der Waals surface area contributed by atoms with Gasteiger partial charge in [0.25, 0.3) is 5.91 Å². The molecule has 2 aromatic heterocycles. The third-order valence-corrected chi connectivity index (χ3v) is 6.31. The summed E-state index contributed by atoms with van der Waals surface area (Å²) in [4.78, 5) is 26.0. The SMILES string of the molecule is Cc1csc(-c2ccc(N3CCN(C(=O)c4ccccc4Br)CC3)nc2)n1. The Morgan fingerprint density at radius 1 is 1.11 bits per heavy atom. The Bertz CT molecular complexity index is 949. The van der Waals surface area contributed by atoms with Gasteiger partial charge in [0.05, 0.1) is 5.56 Å². The van der Waals surface area contributed by atoms with E-state index in [-0.39, 0.29) is 5.91 Å². The van der Waals surface area contributed by atoms with Gasteiger partial charge >= 0.3 is 0 Å². The van der Waals surface area contributed by atoms with Crippen molar-refractivity contribution >= 4 is 39.0 Å². The molecule has 138 valence electrons. The number of carbonyl (C=O) groups is 1. The van der Waals surface area contributed by atoms with Crippen molar-refractivity contribution in [1.29, 1.82) is 0 Å². The van der Waals surface area contributed by atoms with Crippen LogP contribution in [0, 0.1) is 6.92 Å². The molecule has 0 unspecified atom stereocenters. The van der Waals surface area contributed by atoms with Crippen LogP contribution in [0.25, 0.3) is 10.6 Å². The lowest BCUT2D eigenvalue weighted by molar-refractivity contribution is 0.0745. The van der Waals surface area contributed by atoms with Crippen molar-refractivity contribution in [1.82, 2.24) is 14.9 Å². The number of amides is 1.